The second kappa shape index (κ2) is 7.00. The lowest BCUT2D eigenvalue weighted by atomic mass is 9.78. The number of alkyl halides is 3. The smallest absolute Gasteiger partial charge is 0.374 e. The number of rotatable bonds is 4. The number of amides is 1. The summed E-state index contributed by atoms with van der Waals surface area (Å²) in [5.74, 6) is -0.190. The summed E-state index contributed by atoms with van der Waals surface area (Å²) < 4.78 is 40.2. The molecule has 0 aliphatic heterocycles. The minimum atomic E-state index is -4.97. The summed E-state index contributed by atoms with van der Waals surface area (Å²) in [5, 5.41) is 13.8. The van der Waals surface area contributed by atoms with E-state index < -0.39 is 29.1 Å². The van der Waals surface area contributed by atoms with Gasteiger partial charge in [0.1, 0.15) is 5.01 Å². The Hall–Kier alpha value is -1.15. The van der Waals surface area contributed by atoms with Gasteiger partial charge in [0.05, 0.1) is 6.42 Å². The molecule has 1 fully saturated rings. The highest BCUT2D eigenvalue weighted by Gasteiger charge is 2.58. The Balaban J connectivity index is 2.14. The molecule has 1 aromatic rings. The number of halogens is 3. The Bertz CT molecular complexity index is 590. The van der Waals surface area contributed by atoms with Gasteiger partial charge >= 0.3 is 6.18 Å². The number of nitrogens with zero attached hydrogens (tertiary/aromatic N) is 1. The molecule has 4 unspecified atom stereocenters. The summed E-state index contributed by atoms with van der Waals surface area (Å²) in [6.07, 6.45) is -3.30. The molecule has 0 aromatic carbocycles. The van der Waals surface area contributed by atoms with E-state index in [2.05, 4.69) is 17.2 Å². The maximum Gasteiger partial charge on any atom is 0.424 e. The van der Waals surface area contributed by atoms with Gasteiger partial charge in [0.2, 0.25) is 11.5 Å². The highest BCUT2D eigenvalue weighted by Crippen LogP contribution is 2.43. The minimum Gasteiger partial charge on any atom is -0.374 e. The normalized spacial score (nSPS) is 27.5. The molecule has 2 N–H and O–H groups in total. The van der Waals surface area contributed by atoms with Crippen LogP contribution in [0.1, 0.15) is 50.2 Å². The number of thiazole rings is 1. The Labute approximate surface area is 143 Å². The monoisotopic (exact) mass is 364 g/mol. The van der Waals surface area contributed by atoms with Gasteiger partial charge < -0.3 is 10.4 Å². The lowest BCUT2D eigenvalue weighted by Crippen LogP contribution is -2.49. The van der Waals surface area contributed by atoms with Gasteiger partial charge in [0.15, 0.2) is 0 Å². The van der Waals surface area contributed by atoms with Crippen molar-refractivity contribution >= 4 is 17.2 Å². The van der Waals surface area contributed by atoms with E-state index in [0.717, 1.165) is 19.3 Å². The molecule has 0 bridgehead atoms. The van der Waals surface area contributed by atoms with Crippen LogP contribution in [-0.4, -0.2) is 28.2 Å². The molecule has 4 atom stereocenters. The number of carbonyl (C=O) groups is 1. The van der Waals surface area contributed by atoms with E-state index in [-0.39, 0.29) is 12.0 Å². The number of carbonyl (C=O) groups excluding carboxylic acids is 1. The van der Waals surface area contributed by atoms with Crippen LogP contribution in [0.3, 0.4) is 0 Å². The van der Waals surface area contributed by atoms with Crippen molar-refractivity contribution < 1.29 is 23.1 Å². The molecule has 136 valence electrons. The van der Waals surface area contributed by atoms with Crippen molar-refractivity contribution in [1.29, 1.82) is 0 Å². The van der Waals surface area contributed by atoms with Crippen molar-refractivity contribution in [2.45, 2.75) is 64.3 Å². The fraction of sp³-hybridized carbons (Fsp3) is 0.750. The van der Waals surface area contributed by atoms with Crippen molar-refractivity contribution in [1.82, 2.24) is 10.3 Å². The molecule has 1 amide bonds. The zero-order valence-electron chi connectivity index (χ0n) is 14.0. The van der Waals surface area contributed by atoms with E-state index >= 15 is 0 Å². The highest BCUT2D eigenvalue weighted by atomic mass is 32.1. The van der Waals surface area contributed by atoms with Crippen LogP contribution >= 0.6 is 11.3 Å². The lowest BCUT2D eigenvalue weighted by Gasteiger charge is -2.35. The van der Waals surface area contributed by atoms with Gasteiger partial charge in [-0.2, -0.15) is 13.2 Å². The first-order valence-electron chi connectivity index (χ1n) is 8.05. The van der Waals surface area contributed by atoms with Crippen molar-refractivity contribution in [2.24, 2.45) is 11.8 Å². The van der Waals surface area contributed by atoms with E-state index in [1.165, 1.54) is 5.38 Å². The first-order chi connectivity index (χ1) is 11.0. The first-order valence-corrected chi connectivity index (χ1v) is 8.93. The van der Waals surface area contributed by atoms with Crippen molar-refractivity contribution in [3.63, 3.8) is 0 Å². The van der Waals surface area contributed by atoms with Gasteiger partial charge in [-0.05, 0) is 25.2 Å². The summed E-state index contributed by atoms with van der Waals surface area (Å²) in [7, 11) is 0. The van der Waals surface area contributed by atoms with Gasteiger partial charge in [-0.15, -0.1) is 11.3 Å². The molecular weight excluding hydrogens is 341 g/mol. The molecule has 1 saturated carbocycles. The maximum atomic E-state index is 13.4. The number of hydrogen-bond donors (Lipinski definition) is 2. The third kappa shape index (κ3) is 3.91. The second-order valence-electron chi connectivity index (χ2n) is 6.77. The number of nitrogens with one attached hydrogen (secondary N) is 1. The number of aryl methyl sites for hydroxylation is 1. The third-order valence-electron chi connectivity index (χ3n) is 4.91. The molecule has 4 nitrogen and oxygen atoms in total. The van der Waals surface area contributed by atoms with Crippen LogP contribution in [0.2, 0.25) is 0 Å². The third-order valence-corrected chi connectivity index (χ3v) is 6.02. The molecule has 24 heavy (non-hydrogen) atoms. The fourth-order valence-corrected chi connectivity index (χ4v) is 4.03. The number of aromatic nitrogens is 1. The molecule has 1 heterocycles. The molecule has 2 rings (SSSR count). The Kier molecular flexibility index (Phi) is 5.59. The van der Waals surface area contributed by atoms with Gasteiger partial charge in [-0.3, -0.25) is 4.79 Å². The van der Waals surface area contributed by atoms with Crippen molar-refractivity contribution in [3.8, 4) is 0 Å². The predicted molar refractivity (Wildman–Crippen MR) is 85.5 cm³/mol. The van der Waals surface area contributed by atoms with Crippen LogP contribution in [0.5, 0.6) is 0 Å². The molecule has 1 aliphatic rings. The zero-order valence-corrected chi connectivity index (χ0v) is 14.8. The quantitative estimate of drug-likeness (QED) is 0.859. The molecule has 0 saturated heterocycles. The second-order valence-corrected chi connectivity index (χ2v) is 7.63. The summed E-state index contributed by atoms with van der Waals surface area (Å²) in [4.78, 5) is 16.0. The van der Waals surface area contributed by atoms with Crippen molar-refractivity contribution in [2.75, 3.05) is 0 Å². The van der Waals surface area contributed by atoms with Crippen LogP contribution in [-0.2, 0) is 10.4 Å². The number of hydrogen-bond acceptors (Lipinski definition) is 4. The van der Waals surface area contributed by atoms with Gasteiger partial charge in [-0.1, -0.05) is 26.7 Å². The van der Waals surface area contributed by atoms with E-state index in [0.29, 0.717) is 22.9 Å². The predicted octanol–water partition coefficient (Wildman–Crippen LogP) is 3.53. The summed E-state index contributed by atoms with van der Waals surface area (Å²) in [5.41, 5.74) is -2.87. The molecule has 8 heteroatoms. The minimum absolute atomic E-state index is 0.156. The van der Waals surface area contributed by atoms with Crippen LogP contribution < -0.4 is 5.32 Å². The van der Waals surface area contributed by atoms with Gasteiger partial charge in [0.25, 0.3) is 0 Å². The van der Waals surface area contributed by atoms with Crippen LogP contribution in [0, 0.1) is 18.8 Å². The van der Waals surface area contributed by atoms with Crippen LogP contribution in [0.4, 0.5) is 13.2 Å². The molecule has 1 aliphatic carbocycles. The van der Waals surface area contributed by atoms with E-state index in [1.54, 1.807) is 6.92 Å². The summed E-state index contributed by atoms with van der Waals surface area (Å²) in [6, 6.07) is -0.156. The SMILES string of the molecule is Cc1csc(C(O)(CC(=O)NC2CCCC(C)C2C)C(F)(F)F)n1. The fourth-order valence-electron chi connectivity index (χ4n) is 3.12. The average molecular weight is 364 g/mol. The topological polar surface area (TPSA) is 62.2 Å². The Morgan fingerprint density at radius 2 is 2.08 bits per heavy atom. The Morgan fingerprint density at radius 3 is 2.62 bits per heavy atom. The lowest BCUT2D eigenvalue weighted by molar-refractivity contribution is -0.267. The first kappa shape index (κ1) is 19.2. The van der Waals surface area contributed by atoms with Crippen LogP contribution in [0.15, 0.2) is 5.38 Å². The van der Waals surface area contributed by atoms with Crippen molar-refractivity contribution in [3.05, 3.63) is 16.1 Å². The standard InChI is InChI=1S/C16H23F3N2O2S/c1-9-5-4-6-12(11(9)3)21-13(22)7-15(23,16(17,18)19)14-20-10(2)8-24-14/h8-9,11-12,23H,4-7H2,1-3H3,(H,21,22). The number of aliphatic hydroxyl groups is 1. The molecular formula is C16H23F3N2O2S. The van der Waals surface area contributed by atoms with Gasteiger partial charge in [0, 0.05) is 17.1 Å². The zero-order chi connectivity index (χ0) is 18.1. The van der Waals surface area contributed by atoms with E-state index in [4.69, 9.17) is 0 Å². The average Bonchev–Trinajstić information content (AvgIpc) is 2.89. The molecule has 1 aromatic heterocycles. The van der Waals surface area contributed by atoms with E-state index in [1.807, 2.05) is 6.92 Å². The summed E-state index contributed by atoms with van der Waals surface area (Å²) >= 11 is 0.711. The largest absolute Gasteiger partial charge is 0.424 e. The highest BCUT2D eigenvalue weighted by molar-refractivity contribution is 7.09. The molecule has 0 spiro atoms. The molecule has 0 radical (unpaired) electrons. The van der Waals surface area contributed by atoms with Gasteiger partial charge in [-0.25, -0.2) is 4.98 Å². The summed E-state index contributed by atoms with van der Waals surface area (Å²) in [6.45, 7) is 5.62. The van der Waals surface area contributed by atoms with E-state index in [9.17, 15) is 23.1 Å². The maximum absolute atomic E-state index is 13.4. The van der Waals surface area contributed by atoms with Crippen LogP contribution in [0.25, 0.3) is 0 Å². The Morgan fingerprint density at radius 1 is 1.42 bits per heavy atom.